The molecule has 0 bridgehead atoms. The summed E-state index contributed by atoms with van der Waals surface area (Å²) in [5.74, 6) is 0.362. The van der Waals surface area contributed by atoms with Crippen molar-refractivity contribution in [3.05, 3.63) is 24.3 Å². The second kappa shape index (κ2) is 6.86. The van der Waals surface area contributed by atoms with Crippen molar-refractivity contribution in [3.8, 4) is 5.75 Å². The molecule has 0 spiro atoms. The number of methoxy groups -OCH3 is 1. The Kier molecular flexibility index (Phi) is 5.45. The lowest BCUT2D eigenvalue weighted by Crippen LogP contribution is -2.44. The summed E-state index contributed by atoms with van der Waals surface area (Å²) < 4.78 is 5.31. The van der Waals surface area contributed by atoms with E-state index in [9.17, 15) is 4.79 Å². The van der Waals surface area contributed by atoms with E-state index in [-0.39, 0.29) is 5.91 Å². The van der Waals surface area contributed by atoms with Crippen LogP contribution in [-0.4, -0.2) is 32.1 Å². The van der Waals surface area contributed by atoms with Crippen LogP contribution in [0.2, 0.25) is 0 Å². The molecule has 5 heteroatoms. The summed E-state index contributed by atoms with van der Waals surface area (Å²) >= 11 is 0. The molecule has 1 aromatic rings. The molecule has 1 atom stereocenters. The first kappa shape index (κ1) is 14.3. The van der Waals surface area contributed by atoms with E-state index in [1.807, 2.05) is 29.2 Å². The molecule has 0 aromatic heterocycles. The first-order valence-electron chi connectivity index (χ1n) is 6.00. The second-order valence-electron chi connectivity index (χ2n) is 4.09. The van der Waals surface area contributed by atoms with Gasteiger partial charge in [0.15, 0.2) is 0 Å². The minimum atomic E-state index is -0.396. The highest BCUT2D eigenvalue weighted by Crippen LogP contribution is 2.29. The Bertz CT molecular complexity index is 396. The summed E-state index contributed by atoms with van der Waals surface area (Å²) in [7, 11) is 1.61. The maximum atomic E-state index is 11.4. The second-order valence-corrected chi connectivity index (χ2v) is 4.09. The smallest absolute Gasteiger partial charge is 0.239 e. The zero-order valence-electron chi connectivity index (χ0n) is 10.9. The van der Waals surface area contributed by atoms with Gasteiger partial charge in [-0.15, -0.1) is 0 Å². The Hall–Kier alpha value is -1.75. The number of ether oxygens (including phenoxy) is 1. The molecule has 100 valence electrons. The number of nitrogens with zero attached hydrogens (tertiary/aromatic N) is 1. The van der Waals surface area contributed by atoms with Crippen LogP contribution in [0.3, 0.4) is 0 Å². The summed E-state index contributed by atoms with van der Waals surface area (Å²) in [5.41, 5.74) is 11.8. The Morgan fingerprint density at radius 2 is 2.11 bits per heavy atom. The maximum absolute atomic E-state index is 11.4. The lowest BCUT2D eigenvalue weighted by atomic mass is 10.2. The fourth-order valence-corrected chi connectivity index (χ4v) is 1.81. The van der Waals surface area contributed by atoms with Crippen LogP contribution in [0, 0.1) is 0 Å². The van der Waals surface area contributed by atoms with E-state index < -0.39 is 6.04 Å². The van der Waals surface area contributed by atoms with Crippen LogP contribution in [0.15, 0.2) is 24.3 Å². The number of carbonyl (C=O) groups excluding carboxylic acids is 1. The van der Waals surface area contributed by atoms with Crippen LogP contribution in [-0.2, 0) is 4.79 Å². The average molecular weight is 251 g/mol. The van der Waals surface area contributed by atoms with Gasteiger partial charge in [-0.3, -0.25) is 4.79 Å². The molecule has 0 aliphatic heterocycles. The minimum Gasteiger partial charge on any atom is -0.495 e. The summed E-state index contributed by atoms with van der Waals surface area (Å²) in [6.07, 6.45) is 0.787. The predicted molar refractivity (Wildman–Crippen MR) is 72.7 cm³/mol. The van der Waals surface area contributed by atoms with Crippen molar-refractivity contribution >= 4 is 11.6 Å². The summed E-state index contributed by atoms with van der Waals surface area (Å²) in [4.78, 5) is 13.3. The highest BCUT2D eigenvalue weighted by Gasteiger charge is 2.21. The summed E-state index contributed by atoms with van der Waals surface area (Å²) in [6, 6.07) is 7.17. The van der Waals surface area contributed by atoms with E-state index in [1.165, 1.54) is 0 Å². The van der Waals surface area contributed by atoms with Gasteiger partial charge in [-0.2, -0.15) is 0 Å². The molecule has 1 unspecified atom stereocenters. The molecule has 0 radical (unpaired) electrons. The number of nitrogens with two attached hydrogens (primary N) is 2. The van der Waals surface area contributed by atoms with Gasteiger partial charge in [0.2, 0.25) is 5.91 Å². The zero-order valence-corrected chi connectivity index (χ0v) is 10.9. The molecule has 0 heterocycles. The first-order chi connectivity index (χ1) is 8.61. The van der Waals surface area contributed by atoms with Crippen LogP contribution < -0.4 is 21.1 Å². The standard InChI is InChI=1S/C13H21N3O2/c1-10(13(15)17)16(9-5-8-14)11-6-3-4-7-12(11)18-2/h3-4,6-7,10H,5,8-9,14H2,1-2H3,(H2,15,17). The van der Waals surface area contributed by atoms with Gasteiger partial charge in [0.05, 0.1) is 12.8 Å². The topological polar surface area (TPSA) is 81.6 Å². The van der Waals surface area contributed by atoms with Gasteiger partial charge in [0.1, 0.15) is 11.8 Å². The summed E-state index contributed by atoms with van der Waals surface area (Å²) in [6.45, 7) is 3.02. The first-order valence-corrected chi connectivity index (χ1v) is 6.00. The van der Waals surface area contributed by atoms with Gasteiger partial charge < -0.3 is 21.1 Å². The quantitative estimate of drug-likeness (QED) is 0.748. The molecule has 0 aliphatic carbocycles. The molecular formula is C13H21N3O2. The normalized spacial score (nSPS) is 11.9. The third-order valence-electron chi connectivity index (χ3n) is 2.88. The lowest BCUT2D eigenvalue weighted by Gasteiger charge is -2.30. The molecular weight excluding hydrogens is 230 g/mol. The monoisotopic (exact) mass is 251 g/mol. The molecule has 0 saturated heterocycles. The van der Waals surface area contributed by atoms with Crippen molar-refractivity contribution in [3.63, 3.8) is 0 Å². The van der Waals surface area contributed by atoms with E-state index in [0.717, 1.165) is 17.9 Å². The molecule has 18 heavy (non-hydrogen) atoms. The summed E-state index contributed by atoms with van der Waals surface area (Å²) in [5, 5.41) is 0. The van der Waals surface area contributed by atoms with E-state index >= 15 is 0 Å². The fourth-order valence-electron chi connectivity index (χ4n) is 1.81. The maximum Gasteiger partial charge on any atom is 0.239 e. The van der Waals surface area contributed by atoms with Crippen molar-refractivity contribution in [2.24, 2.45) is 11.5 Å². The van der Waals surface area contributed by atoms with Crippen LogP contribution in [0.4, 0.5) is 5.69 Å². The number of rotatable bonds is 7. The van der Waals surface area contributed by atoms with E-state index in [1.54, 1.807) is 14.0 Å². The molecule has 1 rings (SSSR count). The van der Waals surface area contributed by atoms with Crippen LogP contribution in [0.5, 0.6) is 5.75 Å². The average Bonchev–Trinajstić information content (AvgIpc) is 2.39. The fraction of sp³-hybridized carbons (Fsp3) is 0.462. The highest BCUT2D eigenvalue weighted by atomic mass is 16.5. The number of amides is 1. The number of primary amides is 1. The molecule has 0 saturated carbocycles. The van der Waals surface area contributed by atoms with Crippen LogP contribution >= 0.6 is 0 Å². The van der Waals surface area contributed by atoms with Crippen molar-refractivity contribution in [1.82, 2.24) is 0 Å². The van der Waals surface area contributed by atoms with E-state index in [2.05, 4.69) is 0 Å². The minimum absolute atomic E-state index is 0.363. The van der Waals surface area contributed by atoms with E-state index in [0.29, 0.717) is 13.1 Å². The largest absolute Gasteiger partial charge is 0.495 e. The Morgan fingerprint density at radius 1 is 1.44 bits per heavy atom. The van der Waals surface area contributed by atoms with Crippen molar-refractivity contribution in [1.29, 1.82) is 0 Å². The number of benzene rings is 1. The Labute approximate surface area is 108 Å². The van der Waals surface area contributed by atoms with Crippen molar-refractivity contribution < 1.29 is 9.53 Å². The zero-order chi connectivity index (χ0) is 13.5. The van der Waals surface area contributed by atoms with Gasteiger partial charge in [-0.05, 0) is 32.0 Å². The van der Waals surface area contributed by atoms with E-state index in [4.69, 9.17) is 16.2 Å². The van der Waals surface area contributed by atoms with Gasteiger partial charge in [0, 0.05) is 6.54 Å². The number of carbonyl (C=O) groups is 1. The third-order valence-corrected chi connectivity index (χ3v) is 2.88. The molecule has 0 aliphatic rings. The molecule has 1 amide bonds. The van der Waals surface area contributed by atoms with Gasteiger partial charge in [0.25, 0.3) is 0 Å². The van der Waals surface area contributed by atoms with Gasteiger partial charge in [-0.25, -0.2) is 0 Å². The van der Waals surface area contributed by atoms with Crippen molar-refractivity contribution in [2.45, 2.75) is 19.4 Å². The highest BCUT2D eigenvalue weighted by molar-refractivity contribution is 5.83. The lowest BCUT2D eigenvalue weighted by molar-refractivity contribution is -0.118. The Balaban J connectivity index is 3.04. The molecule has 1 aromatic carbocycles. The third kappa shape index (κ3) is 3.37. The number of hydrogen-bond acceptors (Lipinski definition) is 4. The van der Waals surface area contributed by atoms with Crippen molar-refractivity contribution in [2.75, 3.05) is 25.1 Å². The SMILES string of the molecule is COc1ccccc1N(CCCN)C(C)C(N)=O. The molecule has 5 nitrogen and oxygen atoms in total. The van der Waals surface area contributed by atoms with Gasteiger partial charge >= 0.3 is 0 Å². The van der Waals surface area contributed by atoms with Gasteiger partial charge in [-0.1, -0.05) is 12.1 Å². The number of para-hydroxylation sites is 2. The molecule has 4 N–H and O–H groups in total. The Morgan fingerprint density at radius 3 is 2.67 bits per heavy atom. The molecule has 0 fully saturated rings. The number of anilines is 1. The van der Waals surface area contributed by atoms with Crippen LogP contribution in [0.1, 0.15) is 13.3 Å². The van der Waals surface area contributed by atoms with Crippen LogP contribution in [0.25, 0.3) is 0 Å². The predicted octanol–water partition coefficient (Wildman–Crippen LogP) is 0.724. The number of hydrogen-bond donors (Lipinski definition) is 2.